The van der Waals surface area contributed by atoms with Gasteiger partial charge in [0.2, 0.25) is 5.95 Å². The highest BCUT2D eigenvalue weighted by Gasteiger charge is 2.23. The first-order valence-electron chi connectivity index (χ1n) is 7.99. The van der Waals surface area contributed by atoms with Crippen molar-refractivity contribution in [3.8, 4) is 0 Å². The molecule has 1 aromatic rings. The van der Waals surface area contributed by atoms with Crippen LogP contribution in [0.4, 0.5) is 5.95 Å². The zero-order valence-electron chi connectivity index (χ0n) is 12.7. The Labute approximate surface area is 121 Å². The number of hydrogen-bond donors (Lipinski definition) is 0. The van der Waals surface area contributed by atoms with Crippen molar-refractivity contribution in [2.24, 2.45) is 13.0 Å². The minimum absolute atomic E-state index is 0.271. The van der Waals surface area contributed by atoms with Crippen molar-refractivity contribution in [3.63, 3.8) is 0 Å². The smallest absolute Gasteiger partial charge is 0.227 e. The summed E-state index contributed by atoms with van der Waals surface area (Å²) in [7, 11) is 2.11. The summed E-state index contributed by atoms with van der Waals surface area (Å²) in [6, 6.07) is 0. The zero-order chi connectivity index (χ0) is 13.9. The van der Waals surface area contributed by atoms with E-state index in [-0.39, 0.29) is 6.10 Å². The van der Waals surface area contributed by atoms with E-state index in [2.05, 4.69) is 33.6 Å². The molecule has 20 heavy (non-hydrogen) atoms. The average Bonchev–Trinajstić information content (AvgIpc) is 3.00. The van der Waals surface area contributed by atoms with E-state index in [1.54, 1.807) is 0 Å². The molecule has 5 heteroatoms. The Bertz CT molecular complexity index is 439. The fourth-order valence-electron chi connectivity index (χ4n) is 3.45. The maximum absolute atomic E-state index is 5.71. The van der Waals surface area contributed by atoms with Gasteiger partial charge in [0.15, 0.2) is 0 Å². The summed E-state index contributed by atoms with van der Waals surface area (Å²) in [6.45, 7) is 4.91. The van der Waals surface area contributed by atoms with Crippen LogP contribution >= 0.6 is 0 Å². The van der Waals surface area contributed by atoms with Gasteiger partial charge >= 0.3 is 0 Å². The molecule has 1 saturated carbocycles. The number of hydrogen-bond acceptors (Lipinski definition) is 4. The average molecular weight is 278 g/mol. The quantitative estimate of drug-likeness (QED) is 0.850. The lowest BCUT2D eigenvalue weighted by molar-refractivity contribution is 0.0820. The molecule has 2 aliphatic rings. The highest BCUT2D eigenvalue weighted by atomic mass is 16.5. The molecule has 112 valence electrons. The van der Waals surface area contributed by atoms with E-state index < -0.39 is 0 Å². The summed E-state index contributed by atoms with van der Waals surface area (Å²) >= 11 is 0. The third-order valence-corrected chi connectivity index (χ3v) is 4.62. The second kappa shape index (κ2) is 6.12. The van der Waals surface area contributed by atoms with Gasteiger partial charge in [-0.15, -0.1) is 10.2 Å². The molecule has 0 bridgehead atoms. The Morgan fingerprint density at radius 2 is 2.00 bits per heavy atom. The van der Waals surface area contributed by atoms with E-state index in [4.69, 9.17) is 4.74 Å². The molecular weight excluding hydrogens is 252 g/mol. The lowest BCUT2D eigenvalue weighted by Crippen LogP contribution is -2.32. The van der Waals surface area contributed by atoms with Gasteiger partial charge in [0, 0.05) is 33.2 Å². The monoisotopic (exact) mass is 278 g/mol. The molecule has 0 N–H and O–H groups in total. The summed E-state index contributed by atoms with van der Waals surface area (Å²) < 4.78 is 7.90. The maximum atomic E-state index is 5.71. The van der Waals surface area contributed by atoms with Crippen LogP contribution in [0.5, 0.6) is 0 Å². The van der Waals surface area contributed by atoms with Crippen LogP contribution in [-0.4, -0.2) is 40.6 Å². The molecule has 1 aromatic heterocycles. The van der Waals surface area contributed by atoms with E-state index in [0.29, 0.717) is 0 Å². The summed E-state index contributed by atoms with van der Waals surface area (Å²) in [5.74, 6) is 2.97. The Hall–Kier alpha value is -1.10. The lowest BCUT2D eigenvalue weighted by atomic mass is 10.0. The Kier molecular flexibility index (Phi) is 4.24. The number of aromatic nitrogens is 3. The molecule has 2 fully saturated rings. The molecule has 1 unspecified atom stereocenters. The molecule has 1 atom stereocenters. The van der Waals surface area contributed by atoms with Crippen LogP contribution < -0.4 is 4.90 Å². The number of rotatable bonds is 3. The van der Waals surface area contributed by atoms with Gasteiger partial charge in [-0.3, -0.25) is 0 Å². The minimum atomic E-state index is 0.271. The van der Waals surface area contributed by atoms with Gasteiger partial charge in [0.1, 0.15) is 5.82 Å². The second-order valence-corrected chi connectivity index (χ2v) is 6.31. The van der Waals surface area contributed by atoms with Crippen molar-refractivity contribution in [1.29, 1.82) is 0 Å². The third kappa shape index (κ3) is 2.97. The van der Waals surface area contributed by atoms with Crippen LogP contribution in [0.15, 0.2) is 0 Å². The molecule has 0 aromatic carbocycles. The first-order valence-corrected chi connectivity index (χ1v) is 7.99. The van der Waals surface area contributed by atoms with Crippen molar-refractivity contribution >= 4 is 5.95 Å². The highest BCUT2D eigenvalue weighted by Crippen LogP contribution is 2.28. The Morgan fingerprint density at radius 3 is 2.80 bits per heavy atom. The van der Waals surface area contributed by atoms with Gasteiger partial charge < -0.3 is 14.2 Å². The number of nitrogens with zero attached hydrogens (tertiary/aromatic N) is 4. The van der Waals surface area contributed by atoms with Crippen LogP contribution in [0.2, 0.25) is 0 Å². The van der Waals surface area contributed by atoms with Crippen LogP contribution in [-0.2, 0) is 18.2 Å². The van der Waals surface area contributed by atoms with Crippen LogP contribution in [0, 0.1) is 5.92 Å². The summed E-state index contributed by atoms with van der Waals surface area (Å²) in [5, 5.41) is 8.88. The molecule has 1 aliphatic carbocycles. The zero-order valence-corrected chi connectivity index (χ0v) is 12.7. The summed E-state index contributed by atoms with van der Waals surface area (Å²) in [6.07, 6.45) is 7.91. The molecule has 1 aliphatic heterocycles. The normalized spacial score (nSPS) is 25.1. The molecule has 1 saturated heterocycles. The van der Waals surface area contributed by atoms with Crippen LogP contribution in [0.1, 0.15) is 44.9 Å². The van der Waals surface area contributed by atoms with Crippen LogP contribution in [0.3, 0.4) is 0 Å². The lowest BCUT2D eigenvalue weighted by Gasteiger charge is -2.22. The molecular formula is C15H26N4O. The Balaban J connectivity index is 1.71. The topological polar surface area (TPSA) is 43.2 Å². The molecule has 0 radical (unpaired) electrons. The van der Waals surface area contributed by atoms with Gasteiger partial charge in [0.25, 0.3) is 0 Å². The van der Waals surface area contributed by atoms with E-state index in [9.17, 15) is 0 Å². The predicted octanol–water partition coefficient (Wildman–Crippen LogP) is 2.16. The fourth-order valence-corrected chi connectivity index (χ4v) is 3.45. The maximum Gasteiger partial charge on any atom is 0.227 e. The fraction of sp³-hybridized carbons (Fsp3) is 0.867. The van der Waals surface area contributed by atoms with Crippen molar-refractivity contribution in [2.75, 3.05) is 24.6 Å². The van der Waals surface area contributed by atoms with Crippen molar-refractivity contribution in [1.82, 2.24) is 14.8 Å². The van der Waals surface area contributed by atoms with E-state index in [1.165, 1.54) is 25.7 Å². The molecule has 3 rings (SSSR count). The van der Waals surface area contributed by atoms with Crippen LogP contribution in [0.25, 0.3) is 0 Å². The first-order chi connectivity index (χ1) is 9.74. The van der Waals surface area contributed by atoms with Gasteiger partial charge in [0.05, 0.1) is 6.10 Å². The molecule has 2 heterocycles. The number of anilines is 1. The van der Waals surface area contributed by atoms with Gasteiger partial charge in [-0.25, -0.2) is 0 Å². The predicted molar refractivity (Wildman–Crippen MR) is 78.9 cm³/mol. The first kappa shape index (κ1) is 13.9. The SMILES string of the molecule is CC1CN(c2nnc(CC3CCCC3)n2C)CCCO1. The van der Waals surface area contributed by atoms with E-state index in [1.807, 2.05) is 0 Å². The molecule has 0 spiro atoms. The largest absolute Gasteiger partial charge is 0.377 e. The minimum Gasteiger partial charge on any atom is -0.377 e. The van der Waals surface area contributed by atoms with Crippen molar-refractivity contribution in [3.05, 3.63) is 5.82 Å². The summed E-state index contributed by atoms with van der Waals surface area (Å²) in [5.41, 5.74) is 0. The van der Waals surface area contributed by atoms with Gasteiger partial charge in [-0.05, 0) is 19.3 Å². The second-order valence-electron chi connectivity index (χ2n) is 6.31. The standard InChI is InChI=1S/C15H26N4O/c1-12-11-19(8-5-9-20-12)15-17-16-14(18(15)2)10-13-6-3-4-7-13/h12-13H,3-11H2,1-2H3. The number of ether oxygens (including phenoxy) is 1. The molecule has 5 nitrogen and oxygen atoms in total. The van der Waals surface area contributed by atoms with Gasteiger partial charge in [-0.1, -0.05) is 25.7 Å². The molecule has 0 amide bonds. The van der Waals surface area contributed by atoms with E-state index >= 15 is 0 Å². The Morgan fingerprint density at radius 1 is 1.20 bits per heavy atom. The third-order valence-electron chi connectivity index (χ3n) is 4.62. The van der Waals surface area contributed by atoms with Gasteiger partial charge in [-0.2, -0.15) is 0 Å². The van der Waals surface area contributed by atoms with Crippen molar-refractivity contribution < 1.29 is 4.74 Å². The highest BCUT2D eigenvalue weighted by molar-refractivity contribution is 5.31. The van der Waals surface area contributed by atoms with E-state index in [0.717, 1.165) is 50.2 Å². The summed E-state index contributed by atoms with van der Waals surface area (Å²) in [4.78, 5) is 2.32. The van der Waals surface area contributed by atoms with Crippen molar-refractivity contribution in [2.45, 2.75) is 51.6 Å².